The average molecular weight is 267 g/mol. The number of hydrogen-bond acceptors (Lipinski definition) is 1. The van der Waals surface area contributed by atoms with Gasteiger partial charge in [0.25, 0.3) is 0 Å². The number of likely N-dealkylation sites (N-methyl/N-ethyl adjacent to an activating group) is 1. The minimum atomic E-state index is -2.43. The number of halogens is 2. The van der Waals surface area contributed by atoms with E-state index in [4.69, 9.17) is 0 Å². The Balaban J connectivity index is 1.95. The van der Waals surface area contributed by atoms with E-state index in [0.717, 1.165) is 6.42 Å². The molecule has 1 aliphatic rings. The quantitative estimate of drug-likeness (QED) is 0.871. The summed E-state index contributed by atoms with van der Waals surface area (Å²) in [6, 6.07) is 8.79. The highest BCUT2D eigenvalue weighted by Crippen LogP contribution is 2.37. The first-order valence-corrected chi connectivity index (χ1v) is 7.11. The van der Waals surface area contributed by atoms with Crippen molar-refractivity contribution < 1.29 is 8.78 Å². The first-order valence-electron chi connectivity index (χ1n) is 7.11. The molecule has 1 unspecified atom stereocenters. The molecule has 1 aromatic carbocycles. The molecule has 19 heavy (non-hydrogen) atoms. The Morgan fingerprint density at radius 1 is 1.21 bits per heavy atom. The second-order valence-corrected chi connectivity index (χ2v) is 5.78. The van der Waals surface area contributed by atoms with E-state index in [0.29, 0.717) is 24.8 Å². The van der Waals surface area contributed by atoms with Crippen molar-refractivity contribution >= 4 is 0 Å². The van der Waals surface area contributed by atoms with Gasteiger partial charge in [-0.05, 0) is 44.7 Å². The van der Waals surface area contributed by atoms with E-state index < -0.39 is 5.92 Å². The van der Waals surface area contributed by atoms with E-state index in [2.05, 4.69) is 36.5 Å². The lowest BCUT2D eigenvalue weighted by atomic mass is 9.80. The van der Waals surface area contributed by atoms with Gasteiger partial charge in [-0.25, -0.2) is 8.78 Å². The normalized spacial score (nSPS) is 21.3. The molecule has 1 saturated carbocycles. The summed E-state index contributed by atoms with van der Waals surface area (Å²) in [5.41, 5.74) is 2.53. The van der Waals surface area contributed by atoms with Crippen molar-refractivity contribution in [3.8, 4) is 0 Å². The predicted molar refractivity (Wildman–Crippen MR) is 74.6 cm³/mol. The van der Waals surface area contributed by atoms with Crippen LogP contribution in [0, 0.1) is 12.8 Å². The number of alkyl halides is 2. The molecule has 1 nitrogen and oxygen atoms in total. The van der Waals surface area contributed by atoms with E-state index >= 15 is 0 Å². The summed E-state index contributed by atoms with van der Waals surface area (Å²) in [6.45, 7) is 2.07. The molecule has 1 aliphatic carbocycles. The van der Waals surface area contributed by atoms with E-state index in [-0.39, 0.29) is 12.8 Å². The van der Waals surface area contributed by atoms with Gasteiger partial charge in [-0.1, -0.05) is 29.8 Å². The summed E-state index contributed by atoms with van der Waals surface area (Å²) < 4.78 is 26.4. The van der Waals surface area contributed by atoms with E-state index in [1.807, 2.05) is 7.05 Å². The van der Waals surface area contributed by atoms with Crippen molar-refractivity contribution in [3.05, 3.63) is 35.4 Å². The second-order valence-electron chi connectivity index (χ2n) is 5.78. The second kappa shape index (κ2) is 6.00. The summed E-state index contributed by atoms with van der Waals surface area (Å²) in [6.07, 6.45) is 2.27. The van der Waals surface area contributed by atoms with Crippen molar-refractivity contribution in [2.45, 2.75) is 51.0 Å². The standard InChI is InChI=1S/C16H23F2N/c1-12-3-5-13(6-4-12)11-15(19-2)14-7-9-16(17,18)10-8-14/h3-6,14-15,19H,7-11H2,1-2H3. The van der Waals surface area contributed by atoms with Crippen LogP contribution in [-0.2, 0) is 6.42 Å². The number of rotatable bonds is 4. The molecule has 2 rings (SSSR count). The van der Waals surface area contributed by atoms with Gasteiger partial charge in [0.05, 0.1) is 0 Å². The minimum Gasteiger partial charge on any atom is -0.316 e. The largest absolute Gasteiger partial charge is 0.316 e. The van der Waals surface area contributed by atoms with Crippen LogP contribution in [-0.4, -0.2) is 19.0 Å². The zero-order valence-corrected chi connectivity index (χ0v) is 11.8. The number of hydrogen-bond donors (Lipinski definition) is 1. The predicted octanol–water partition coefficient (Wildman–Crippen LogP) is 3.95. The van der Waals surface area contributed by atoms with Crippen LogP contribution in [0.5, 0.6) is 0 Å². The Bertz CT molecular complexity index is 390. The van der Waals surface area contributed by atoms with Gasteiger partial charge in [-0.2, -0.15) is 0 Å². The maximum atomic E-state index is 13.2. The number of nitrogens with one attached hydrogen (secondary N) is 1. The third kappa shape index (κ3) is 4.00. The molecule has 1 fully saturated rings. The fraction of sp³-hybridized carbons (Fsp3) is 0.625. The van der Waals surface area contributed by atoms with Crippen LogP contribution < -0.4 is 5.32 Å². The van der Waals surface area contributed by atoms with Crippen LogP contribution in [0.4, 0.5) is 8.78 Å². The van der Waals surface area contributed by atoms with Crippen LogP contribution in [0.1, 0.15) is 36.8 Å². The van der Waals surface area contributed by atoms with Crippen molar-refractivity contribution in [3.63, 3.8) is 0 Å². The monoisotopic (exact) mass is 267 g/mol. The van der Waals surface area contributed by atoms with E-state index in [9.17, 15) is 8.78 Å². The van der Waals surface area contributed by atoms with Crippen LogP contribution >= 0.6 is 0 Å². The van der Waals surface area contributed by atoms with Gasteiger partial charge >= 0.3 is 0 Å². The smallest absolute Gasteiger partial charge is 0.248 e. The zero-order valence-electron chi connectivity index (χ0n) is 11.8. The van der Waals surface area contributed by atoms with Gasteiger partial charge in [0.1, 0.15) is 0 Å². The van der Waals surface area contributed by atoms with Crippen LogP contribution in [0.2, 0.25) is 0 Å². The Morgan fingerprint density at radius 3 is 2.32 bits per heavy atom. The van der Waals surface area contributed by atoms with Gasteiger partial charge in [-0.15, -0.1) is 0 Å². The summed E-state index contributed by atoms with van der Waals surface area (Å²) in [5, 5.41) is 3.32. The zero-order chi connectivity index (χ0) is 13.9. The number of benzene rings is 1. The molecule has 0 aliphatic heterocycles. The maximum Gasteiger partial charge on any atom is 0.248 e. The molecule has 0 saturated heterocycles. The lowest BCUT2D eigenvalue weighted by Crippen LogP contribution is -2.39. The molecular weight excluding hydrogens is 244 g/mol. The molecule has 1 N–H and O–H groups in total. The topological polar surface area (TPSA) is 12.0 Å². The molecule has 0 spiro atoms. The van der Waals surface area contributed by atoms with Crippen LogP contribution in [0.15, 0.2) is 24.3 Å². The lowest BCUT2D eigenvalue weighted by Gasteiger charge is -2.33. The summed E-state index contributed by atoms with van der Waals surface area (Å²) in [4.78, 5) is 0. The Morgan fingerprint density at radius 2 is 1.79 bits per heavy atom. The first-order chi connectivity index (χ1) is 9.00. The highest BCUT2D eigenvalue weighted by molar-refractivity contribution is 5.22. The Kier molecular flexibility index (Phi) is 4.56. The molecular formula is C16H23F2N. The fourth-order valence-electron chi connectivity index (χ4n) is 2.95. The number of aryl methyl sites for hydroxylation is 1. The summed E-state index contributed by atoms with van der Waals surface area (Å²) in [5.74, 6) is -2.07. The third-order valence-corrected chi connectivity index (χ3v) is 4.28. The molecule has 0 bridgehead atoms. The third-order valence-electron chi connectivity index (χ3n) is 4.28. The summed E-state index contributed by atoms with van der Waals surface area (Å²) >= 11 is 0. The molecule has 3 heteroatoms. The molecule has 106 valence electrons. The minimum absolute atomic E-state index is 0.0454. The SMILES string of the molecule is CNC(Cc1ccc(C)cc1)C1CCC(F)(F)CC1. The van der Waals surface area contributed by atoms with Crippen LogP contribution in [0.3, 0.4) is 0 Å². The summed E-state index contributed by atoms with van der Waals surface area (Å²) in [7, 11) is 1.94. The highest BCUT2D eigenvalue weighted by Gasteiger charge is 2.37. The van der Waals surface area contributed by atoms with Crippen molar-refractivity contribution in [2.75, 3.05) is 7.05 Å². The van der Waals surface area contributed by atoms with Gasteiger partial charge in [0.2, 0.25) is 5.92 Å². The van der Waals surface area contributed by atoms with E-state index in [1.165, 1.54) is 11.1 Å². The molecule has 0 radical (unpaired) electrons. The average Bonchev–Trinajstić information content (AvgIpc) is 2.39. The molecule has 0 aromatic heterocycles. The van der Waals surface area contributed by atoms with Gasteiger partial charge in [0, 0.05) is 18.9 Å². The van der Waals surface area contributed by atoms with Crippen molar-refractivity contribution in [2.24, 2.45) is 5.92 Å². The Labute approximate surface area is 114 Å². The highest BCUT2D eigenvalue weighted by atomic mass is 19.3. The van der Waals surface area contributed by atoms with Crippen molar-refractivity contribution in [1.29, 1.82) is 0 Å². The maximum absolute atomic E-state index is 13.2. The van der Waals surface area contributed by atoms with E-state index in [1.54, 1.807) is 0 Å². The molecule has 0 amide bonds. The first kappa shape index (κ1) is 14.4. The fourth-order valence-corrected chi connectivity index (χ4v) is 2.95. The Hall–Kier alpha value is -0.960. The molecule has 1 atom stereocenters. The molecule has 0 heterocycles. The van der Waals surface area contributed by atoms with Gasteiger partial charge in [0.15, 0.2) is 0 Å². The van der Waals surface area contributed by atoms with Crippen molar-refractivity contribution in [1.82, 2.24) is 5.32 Å². The lowest BCUT2D eigenvalue weighted by molar-refractivity contribution is -0.0492. The van der Waals surface area contributed by atoms with Gasteiger partial charge in [-0.3, -0.25) is 0 Å². The molecule has 1 aromatic rings. The van der Waals surface area contributed by atoms with Crippen LogP contribution in [0.25, 0.3) is 0 Å². The van der Waals surface area contributed by atoms with Gasteiger partial charge < -0.3 is 5.32 Å².